The van der Waals surface area contributed by atoms with Crippen molar-refractivity contribution < 1.29 is 4.39 Å². The van der Waals surface area contributed by atoms with E-state index in [1.54, 1.807) is 6.20 Å². The van der Waals surface area contributed by atoms with Gasteiger partial charge in [-0.15, -0.1) is 0 Å². The topological polar surface area (TPSA) is 24.9 Å². The quantitative estimate of drug-likeness (QED) is 0.776. The Labute approximate surface area is 123 Å². The normalized spacial score (nSPS) is 11.0. The van der Waals surface area contributed by atoms with E-state index in [1.807, 2.05) is 42.5 Å². The Morgan fingerprint density at radius 1 is 1.10 bits per heavy atom. The Bertz CT molecular complexity index is 768. The second-order valence-electron chi connectivity index (χ2n) is 5.01. The van der Waals surface area contributed by atoms with Crippen LogP contribution in [0.3, 0.4) is 0 Å². The molecule has 0 atom stereocenters. The van der Waals surface area contributed by atoms with Gasteiger partial charge in [-0.05, 0) is 36.4 Å². The molecule has 0 unspecified atom stereocenters. The van der Waals surface area contributed by atoms with E-state index in [4.69, 9.17) is 0 Å². The van der Waals surface area contributed by atoms with Crippen molar-refractivity contribution in [2.24, 2.45) is 0 Å². The molecule has 0 aliphatic rings. The summed E-state index contributed by atoms with van der Waals surface area (Å²) in [6.07, 6.45) is 1.73. The van der Waals surface area contributed by atoms with Gasteiger partial charge in [-0.3, -0.25) is 4.98 Å². The molecular weight excluding hydrogens is 263 g/mol. The molecule has 3 aromatic rings. The first-order valence-electron chi connectivity index (χ1n) is 7.12. The highest BCUT2D eigenvalue weighted by molar-refractivity contribution is 5.83. The number of nitrogens with zero attached hydrogens (tertiary/aromatic N) is 1. The van der Waals surface area contributed by atoms with Gasteiger partial charge < -0.3 is 5.32 Å². The molecule has 3 rings (SSSR count). The number of halogens is 1. The number of rotatable bonds is 4. The minimum Gasteiger partial charge on any atom is -0.313 e. The summed E-state index contributed by atoms with van der Waals surface area (Å²) in [4.78, 5) is 4.41. The number of hydrogen-bond acceptors (Lipinski definition) is 2. The van der Waals surface area contributed by atoms with Gasteiger partial charge in [0, 0.05) is 29.3 Å². The van der Waals surface area contributed by atoms with Gasteiger partial charge in [-0.1, -0.05) is 31.2 Å². The number of nitrogens with one attached hydrogen (secondary N) is 1. The van der Waals surface area contributed by atoms with Crippen LogP contribution in [0.2, 0.25) is 0 Å². The van der Waals surface area contributed by atoms with Gasteiger partial charge in [0.25, 0.3) is 0 Å². The third-order valence-corrected chi connectivity index (χ3v) is 3.51. The first kappa shape index (κ1) is 13.7. The first-order valence-corrected chi connectivity index (χ1v) is 7.12. The minimum absolute atomic E-state index is 0.215. The summed E-state index contributed by atoms with van der Waals surface area (Å²) < 4.78 is 14.1. The van der Waals surface area contributed by atoms with Gasteiger partial charge in [0.2, 0.25) is 0 Å². The zero-order valence-electron chi connectivity index (χ0n) is 11.9. The molecule has 0 saturated heterocycles. The summed E-state index contributed by atoms with van der Waals surface area (Å²) >= 11 is 0. The van der Waals surface area contributed by atoms with Crippen LogP contribution < -0.4 is 5.32 Å². The highest BCUT2D eigenvalue weighted by Crippen LogP contribution is 2.26. The molecule has 0 bridgehead atoms. The molecule has 21 heavy (non-hydrogen) atoms. The van der Waals surface area contributed by atoms with Crippen molar-refractivity contribution in [3.05, 3.63) is 66.1 Å². The predicted octanol–water partition coefficient (Wildman–Crippen LogP) is 4.15. The van der Waals surface area contributed by atoms with Crippen LogP contribution in [0.25, 0.3) is 22.0 Å². The van der Waals surface area contributed by atoms with Gasteiger partial charge in [0.1, 0.15) is 5.82 Å². The summed E-state index contributed by atoms with van der Waals surface area (Å²) in [5, 5.41) is 4.27. The van der Waals surface area contributed by atoms with Crippen LogP contribution in [0.4, 0.5) is 4.39 Å². The molecule has 3 heteroatoms. The van der Waals surface area contributed by atoms with Crippen molar-refractivity contribution in [1.82, 2.24) is 10.3 Å². The predicted molar refractivity (Wildman–Crippen MR) is 84.5 cm³/mol. The molecule has 0 aliphatic carbocycles. The van der Waals surface area contributed by atoms with E-state index in [-0.39, 0.29) is 5.82 Å². The van der Waals surface area contributed by atoms with E-state index in [0.29, 0.717) is 5.56 Å². The summed E-state index contributed by atoms with van der Waals surface area (Å²) in [6.45, 7) is 3.69. The monoisotopic (exact) mass is 280 g/mol. The van der Waals surface area contributed by atoms with Gasteiger partial charge >= 0.3 is 0 Å². The maximum Gasteiger partial charge on any atom is 0.131 e. The smallest absolute Gasteiger partial charge is 0.131 e. The third kappa shape index (κ3) is 2.93. The van der Waals surface area contributed by atoms with Crippen LogP contribution in [0.15, 0.2) is 54.7 Å². The molecule has 0 aliphatic heterocycles. The lowest BCUT2D eigenvalue weighted by atomic mass is 10.0. The molecule has 0 amide bonds. The number of fused-ring (bicyclic) bond motifs is 1. The van der Waals surface area contributed by atoms with Crippen molar-refractivity contribution in [1.29, 1.82) is 0 Å². The molecule has 2 nitrogen and oxygen atoms in total. The largest absolute Gasteiger partial charge is 0.313 e. The van der Waals surface area contributed by atoms with Gasteiger partial charge in [0.15, 0.2) is 0 Å². The summed E-state index contributed by atoms with van der Waals surface area (Å²) in [6, 6.07) is 15.1. The first-order chi connectivity index (χ1) is 10.3. The Kier molecular flexibility index (Phi) is 3.93. The number of aromatic nitrogens is 1. The van der Waals surface area contributed by atoms with E-state index in [0.717, 1.165) is 35.1 Å². The fraction of sp³-hybridized carbons (Fsp3) is 0.167. The lowest BCUT2D eigenvalue weighted by Gasteiger charge is -2.08. The average Bonchev–Trinajstić information content (AvgIpc) is 2.53. The fourth-order valence-electron chi connectivity index (χ4n) is 2.39. The van der Waals surface area contributed by atoms with Crippen LogP contribution in [-0.2, 0) is 6.54 Å². The molecule has 1 aromatic heterocycles. The molecule has 0 radical (unpaired) electrons. The highest BCUT2D eigenvalue weighted by atomic mass is 19.1. The minimum atomic E-state index is -0.215. The maximum atomic E-state index is 14.1. The molecule has 0 saturated carbocycles. The average molecular weight is 280 g/mol. The van der Waals surface area contributed by atoms with Crippen LogP contribution in [0.1, 0.15) is 12.5 Å². The van der Waals surface area contributed by atoms with Crippen molar-refractivity contribution in [3.63, 3.8) is 0 Å². The molecule has 2 aromatic carbocycles. The highest BCUT2D eigenvalue weighted by Gasteiger charge is 2.08. The van der Waals surface area contributed by atoms with Gasteiger partial charge in [0.05, 0.1) is 5.52 Å². The number of benzene rings is 2. The molecule has 106 valence electrons. The van der Waals surface area contributed by atoms with E-state index in [1.165, 1.54) is 6.07 Å². The van der Waals surface area contributed by atoms with Crippen molar-refractivity contribution in [3.8, 4) is 11.1 Å². The molecular formula is C18H17FN2. The molecule has 1 N–H and O–H groups in total. The van der Waals surface area contributed by atoms with Crippen LogP contribution >= 0.6 is 0 Å². The Morgan fingerprint density at radius 2 is 1.95 bits per heavy atom. The Morgan fingerprint density at radius 3 is 2.81 bits per heavy atom. The number of para-hydroxylation sites is 1. The summed E-state index contributed by atoms with van der Waals surface area (Å²) in [5.41, 5.74) is 3.40. The molecule has 0 fully saturated rings. The SMILES string of the molecule is CCNCc1ccc(F)c(-c2cnc3ccccc3c2)c1. The maximum absolute atomic E-state index is 14.1. The Balaban J connectivity index is 2.04. The van der Waals surface area contributed by atoms with Gasteiger partial charge in [-0.2, -0.15) is 0 Å². The van der Waals surface area contributed by atoms with Crippen LogP contribution in [0, 0.1) is 5.82 Å². The lowest BCUT2D eigenvalue weighted by Crippen LogP contribution is -2.11. The van der Waals surface area contributed by atoms with E-state index in [2.05, 4.69) is 17.2 Å². The molecule has 1 heterocycles. The lowest BCUT2D eigenvalue weighted by molar-refractivity contribution is 0.629. The zero-order chi connectivity index (χ0) is 14.7. The fourth-order valence-corrected chi connectivity index (χ4v) is 2.39. The third-order valence-electron chi connectivity index (χ3n) is 3.51. The standard InChI is InChI=1S/C18H17FN2/c1-2-20-11-13-7-8-17(19)16(9-13)15-10-14-5-3-4-6-18(14)21-12-15/h3-10,12,20H,2,11H2,1H3. The van der Waals surface area contributed by atoms with Crippen LogP contribution in [-0.4, -0.2) is 11.5 Å². The van der Waals surface area contributed by atoms with E-state index < -0.39 is 0 Å². The second-order valence-corrected chi connectivity index (χ2v) is 5.01. The summed E-state index contributed by atoms with van der Waals surface area (Å²) in [7, 11) is 0. The van der Waals surface area contributed by atoms with Crippen molar-refractivity contribution in [2.75, 3.05) is 6.54 Å². The Hall–Kier alpha value is -2.26. The zero-order valence-corrected chi connectivity index (χ0v) is 11.9. The van der Waals surface area contributed by atoms with Crippen molar-refractivity contribution in [2.45, 2.75) is 13.5 Å². The summed E-state index contributed by atoms with van der Waals surface area (Å²) in [5.74, 6) is -0.215. The van der Waals surface area contributed by atoms with Gasteiger partial charge in [-0.25, -0.2) is 4.39 Å². The number of pyridine rings is 1. The van der Waals surface area contributed by atoms with Crippen molar-refractivity contribution >= 4 is 10.9 Å². The van der Waals surface area contributed by atoms with E-state index in [9.17, 15) is 4.39 Å². The van der Waals surface area contributed by atoms with Crippen LogP contribution in [0.5, 0.6) is 0 Å². The number of hydrogen-bond donors (Lipinski definition) is 1. The van der Waals surface area contributed by atoms with E-state index >= 15 is 0 Å². The molecule has 0 spiro atoms. The second kappa shape index (κ2) is 6.02.